The van der Waals surface area contributed by atoms with E-state index in [-0.39, 0.29) is 0 Å². The summed E-state index contributed by atoms with van der Waals surface area (Å²) in [7, 11) is 0. The zero-order valence-electron chi connectivity index (χ0n) is 8.57. The third kappa shape index (κ3) is 2.97. The Kier molecular flexibility index (Phi) is 3.85. The predicted octanol–water partition coefficient (Wildman–Crippen LogP) is 0.695. The van der Waals surface area contributed by atoms with Crippen LogP contribution in [0.1, 0.15) is 25.5 Å². The van der Waals surface area contributed by atoms with Crippen molar-refractivity contribution in [2.75, 3.05) is 12.3 Å². The van der Waals surface area contributed by atoms with Gasteiger partial charge in [-0.3, -0.25) is 4.98 Å². The van der Waals surface area contributed by atoms with Crippen LogP contribution in [0.4, 0.5) is 5.69 Å². The lowest BCUT2D eigenvalue weighted by atomic mass is 10.1. The van der Waals surface area contributed by atoms with Crippen LogP contribution >= 0.6 is 0 Å². The lowest BCUT2D eigenvalue weighted by molar-refractivity contribution is 0.172. The molecule has 0 aliphatic rings. The molecular formula is C10H17N3O. The van der Waals surface area contributed by atoms with Crippen LogP contribution < -0.4 is 11.1 Å². The lowest BCUT2D eigenvalue weighted by Gasteiger charge is -2.15. The SMILES string of the molecule is CC(C)NCC(O)c1cnccc1N. The first-order valence-corrected chi connectivity index (χ1v) is 4.72. The normalized spacial score (nSPS) is 13.1. The minimum Gasteiger partial charge on any atom is -0.398 e. The van der Waals surface area contributed by atoms with Crippen LogP contribution in [-0.2, 0) is 0 Å². The molecule has 1 aromatic rings. The average Bonchev–Trinajstić information content (AvgIpc) is 2.15. The maximum atomic E-state index is 9.77. The fourth-order valence-corrected chi connectivity index (χ4v) is 1.15. The van der Waals surface area contributed by atoms with E-state index in [1.165, 1.54) is 0 Å². The summed E-state index contributed by atoms with van der Waals surface area (Å²) in [5.74, 6) is 0. The van der Waals surface area contributed by atoms with Crippen LogP contribution in [0.25, 0.3) is 0 Å². The summed E-state index contributed by atoms with van der Waals surface area (Å²) in [6.07, 6.45) is 2.62. The Labute approximate surface area is 84.2 Å². The molecule has 1 atom stereocenters. The van der Waals surface area contributed by atoms with E-state index in [0.717, 1.165) is 0 Å². The van der Waals surface area contributed by atoms with Crippen molar-refractivity contribution in [3.63, 3.8) is 0 Å². The summed E-state index contributed by atoms with van der Waals surface area (Å²) in [5, 5.41) is 12.9. The molecule has 14 heavy (non-hydrogen) atoms. The van der Waals surface area contributed by atoms with E-state index in [1.54, 1.807) is 18.5 Å². The van der Waals surface area contributed by atoms with Crippen LogP contribution in [-0.4, -0.2) is 22.7 Å². The van der Waals surface area contributed by atoms with Gasteiger partial charge in [0, 0.05) is 36.2 Å². The highest BCUT2D eigenvalue weighted by Crippen LogP contribution is 2.17. The third-order valence-electron chi connectivity index (χ3n) is 1.97. The van der Waals surface area contributed by atoms with Gasteiger partial charge >= 0.3 is 0 Å². The first kappa shape index (κ1) is 10.9. The molecule has 0 saturated carbocycles. The van der Waals surface area contributed by atoms with Gasteiger partial charge in [-0.2, -0.15) is 0 Å². The highest BCUT2D eigenvalue weighted by Gasteiger charge is 2.10. The molecule has 0 fully saturated rings. The molecule has 1 unspecified atom stereocenters. The van der Waals surface area contributed by atoms with Gasteiger partial charge in [-0.05, 0) is 6.07 Å². The Morgan fingerprint density at radius 2 is 2.29 bits per heavy atom. The van der Waals surface area contributed by atoms with Crippen LogP contribution in [0.3, 0.4) is 0 Å². The van der Waals surface area contributed by atoms with Gasteiger partial charge in [0.05, 0.1) is 6.10 Å². The van der Waals surface area contributed by atoms with E-state index in [9.17, 15) is 5.11 Å². The number of hydrogen-bond donors (Lipinski definition) is 3. The Morgan fingerprint density at radius 1 is 1.57 bits per heavy atom. The van der Waals surface area contributed by atoms with E-state index >= 15 is 0 Å². The van der Waals surface area contributed by atoms with E-state index in [2.05, 4.69) is 10.3 Å². The highest BCUT2D eigenvalue weighted by atomic mass is 16.3. The highest BCUT2D eigenvalue weighted by molar-refractivity contribution is 5.45. The second-order valence-electron chi connectivity index (χ2n) is 3.58. The van der Waals surface area contributed by atoms with Gasteiger partial charge < -0.3 is 16.2 Å². The van der Waals surface area contributed by atoms with Gasteiger partial charge in [0.25, 0.3) is 0 Å². The summed E-state index contributed by atoms with van der Waals surface area (Å²) in [6.45, 7) is 4.55. The Balaban J connectivity index is 2.60. The van der Waals surface area contributed by atoms with Gasteiger partial charge in [0.2, 0.25) is 0 Å². The number of nitrogens with one attached hydrogen (secondary N) is 1. The monoisotopic (exact) mass is 195 g/mol. The molecule has 4 heteroatoms. The molecule has 1 rings (SSSR count). The van der Waals surface area contributed by atoms with Crippen LogP contribution in [0.2, 0.25) is 0 Å². The van der Waals surface area contributed by atoms with Gasteiger partial charge in [-0.25, -0.2) is 0 Å². The number of nitrogens with two attached hydrogens (primary N) is 1. The second-order valence-corrected chi connectivity index (χ2v) is 3.58. The van der Waals surface area contributed by atoms with Gasteiger partial charge in [0.1, 0.15) is 0 Å². The molecular weight excluding hydrogens is 178 g/mol. The molecule has 0 aromatic carbocycles. The lowest BCUT2D eigenvalue weighted by Crippen LogP contribution is -2.28. The average molecular weight is 195 g/mol. The molecule has 1 aromatic heterocycles. The Hall–Kier alpha value is -1.13. The number of anilines is 1. The van der Waals surface area contributed by atoms with Crippen molar-refractivity contribution in [3.05, 3.63) is 24.0 Å². The van der Waals surface area contributed by atoms with Crippen molar-refractivity contribution in [1.29, 1.82) is 0 Å². The van der Waals surface area contributed by atoms with Crippen molar-refractivity contribution < 1.29 is 5.11 Å². The van der Waals surface area contributed by atoms with Crippen molar-refractivity contribution in [1.82, 2.24) is 10.3 Å². The molecule has 0 aliphatic heterocycles. The summed E-state index contributed by atoms with van der Waals surface area (Å²) in [4.78, 5) is 3.93. The molecule has 78 valence electrons. The van der Waals surface area contributed by atoms with Gasteiger partial charge in [0.15, 0.2) is 0 Å². The van der Waals surface area contributed by atoms with Crippen LogP contribution in [0.15, 0.2) is 18.5 Å². The molecule has 0 aliphatic carbocycles. The number of rotatable bonds is 4. The summed E-state index contributed by atoms with van der Waals surface area (Å²) >= 11 is 0. The van der Waals surface area contributed by atoms with Crippen molar-refractivity contribution in [2.24, 2.45) is 0 Å². The molecule has 1 heterocycles. The maximum Gasteiger partial charge on any atom is 0.0949 e. The third-order valence-corrected chi connectivity index (χ3v) is 1.97. The summed E-state index contributed by atoms with van der Waals surface area (Å²) < 4.78 is 0. The number of aromatic nitrogens is 1. The maximum absolute atomic E-state index is 9.77. The molecule has 0 bridgehead atoms. The molecule has 0 amide bonds. The summed E-state index contributed by atoms with van der Waals surface area (Å²) in [6, 6.07) is 2.04. The Bertz CT molecular complexity index is 288. The van der Waals surface area contributed by atoms with Crippen molar-refractivity contribution >= 4 is 5.69 Å². The number of aliphatic hydroxyl groups is 1. The zero-order chi connectivity index (χ0) is 10.6. The fraction of sp³-hybridized carbons (Fsp3) is 0.500. The van der Waals surface area contributed by atoms with Crippen molar-refractivity contribution in [2.45, 2.75) is 26.0 Å². The minimum absolute atomic E-state index is 0.350. The van der Waals surface area contributed by atoms with Gasteiger partial charge in [-0.15, -0.1) is 0 Å². The zero-order valence-corrected chi connectivity index (χ0v) is 8.57. The molecule has 0 saturated heterocycles. The van der Waals surface area contributed by atoms with E-state index in [1.807, 2.05) is 13.8 Å². The van der Waals surface area contributed by atoms with Gasteiger partial charge in [-0.1, -0.05) is 13.8 Å². The predicted molar refractivity (Wildman–Crippen MR) is 56.7 cm³/mol. The van der Waals surface area contributed by atoms with Crippen molar-refractivity contribution in [3.8, 4) is 0 Å². The minimum atomic E-state index is -0.592. The second kappa shape index (κ2) is 4.93. The standard InChI is InChI=1S/C10H17N3O/c1-7(2)13-6-10(14)8-5-12-4-3-9(8)11/h3-5,7,10,13-14H,6H2,1-2H3,(H2,11,12). The molecule has 0 spiro atoms. The number of aliphatic hydroxyl groups excluding tert-OH is 1. The van der Waals surface area contributed by atoms with E-state index in [4.69, 9.17) is 5.73 Å². The van der Waals surface area contributed by atoms with Crippen LogP contribution in [0.5, 0.6) is 0 Å². The van der Waals surface area contributed by atoms with E-state index < -0.39 is 6.10 Å². The smallest absolute Gasteiger partial charge is 0.0949 e. The van der Waals surface area contributed by atoms with E-state index in [0.29, 0.717) is 23.8 Å². The first-order chi connectivity index (χ1) is 6.61. The number of pyridine rings is 1. The summed E-state index contributed by atoms with van der Waals surface area (Å²) in [5.41, 5.74) is 6.96. The topological polar surface area (TPSA) is 71.2 Å². The number of hydrogen-bond acceptors (Lipinski definition) is 4. The molecule has 0 radical (unpaired) electrons. The van der Waals surface area contributed by atoms with Crippen LogP contribution in [0, 0.1) is 0 Å². The molecule has 4 N–H and O–H groups in total. The quantitative estimate of drug-likeness (QED) is 0.661. The first-order valence-electron chi connectivity index (χ1n) is 4.72. The number of nitrogen functional groups attached to an aromatic ring is 1. The molecule has 4 nitrogen and oxygen atoms in total. The number of nitrogens with zero attached hydrogens (tertiary/aromatic N) is 1. The fourth-order valence-electron chi connectivity index (χ4n) is 1.15. The Morgan fingerprint density at radius 3 is 2.86 bits per heavy atom. The largest absolute Gasteiger partial charge is 0.398 e.